The highest BCUT2D eigenvalue weighted by Gasteiger charge is 2.33. The number of nitrogens with one attached hydrogen (secondary N) is 2. The molecule has 0 amide bonds. The molecule has 3 aliphatic heterocycles. The molecule has 0 saturated carbocycles. The Hall–Kier alpha value is -4.14. The van der Waals surface area contributed by atoms with Crippen molar-refractivity contribution in [2.45, 2.75) is 43.8 Å². The topological polar surface area (TPSA) is 84.5 Å². The van der Waals surface area contributed by atoms with Crippen LogP contribution in [0.15, 0.2) is 30.3 Å². The van der Waals surface area contributed by atoms with E-state index in [0.717, 1.165) is 43.3 Å². The fourth-order valence-electron chi connectivity index (χ4n) is 6.25. The molecule has 3 aromatic rings. The number of hydrogen-bond donors (Lipinski definition) is 2. The molecule has 6 rings (SSSR count). The van der Waals surface area contributed by atoms with Crippen molar-refractivity contribution in [1.82, 2.24) is 4.90 Å². The first-order valence-electron chi connectivity index (χ1n) is 16.3. The van der Waals surface area contributed by atoms with Gasteiger partial charge in [0.15, 0.2) is 12.7 Å². The van der Waals surface area contributed by atoms with E-state index in [1.165, 1.54) is 6.07 Å². The fraction of sp³-hybridized carbons (Fsp3) is 0.500. The maximum absolute atomic E-state index is 15.1. The number of thiophene rings is 1. The number of anilines is 3. The minimum atomic E-state index is -4.64. The Labute approximate surface area is 292 Å². The van der Waals surface area contributed by atoms with Crippen LogP contribution < -0.4 is 20.3 Å². The third-order valence-corrected chi connectivity index (χ3v) is 9.81. The molecule has 1 unspecified atom stereocenters. The van der Waals surface area contributed by atoms with Crippen LogP contribution in [0.4, 0.5) is 52.6 Å². The van der Waals surface area contributed by atoms with Gasteiger partial charge in [0.1, 0.15) is 18.2 Å². The summed E-state index contributed by atoms with van der Waals surface area (Å²) in [6, 6.07) is 7.40. The molecular weight excluding hydrogens is 709 g/mol. The van der Waals surface area contributed by atoms with E-state index in [2.05, 4.69) is 27.4 Å². The van der Waals surface area contributed by atoms with Crippen molar-refractivity contribution < 1.29 is 54.5 Å². The predicted octanol–water partition coefficient (Wildman–Crippen LogP) is 6.80. The van der Waals surface area contributed by atoms with Gasteiger partial charge in [0.2, 0.25) is 0 Å². The Kier molecular flexibility index (Phi) is 11.2. The van der Waals surface area contributed by atoms with Gasteiger partial charge in [0.05, 0.1) is 52.8 Å². The normalized spacial score (nSPS) is 19.0. The second-order valence-corrected chi connectivity index (χ2v) is 13.4. The summed E-state index contributed by atoms with van der Waals surface area (Å²) in [7, 11) is 0. The largest absolute Gasteiger partial charge is 0.508 e. The van der Waals surface area contributed by atoms with E-state index in [4.69, 9.17) is 18.9 Å². The van der Waals surface area contributed by atoms with E-state index in [0.29, 0.717) is 48.6 Å². The lowest BCUT2D eigenvalue weighted by molar-refractivity contribution is -0.153. The molecule has 4 heterocycles. The van der Waals surface area contributed by atoms with Crippen molar-refractivity contribution in [3.05, 3.63) is 46.6 Å². The van der Waals surface area contributed by atoms with Gasteiger partial charge in [-0.15, -0.1) is 11.3 Å². The van der Waals surface area contributed by atoms with E-state index in [-0.39, 0.29) is 52.9 Å². The number of piperidine rings is 1. The number of cyclic esters (lactones) is 2. The first-order chi connectivity index (χ1) is 24.3. The molecule has 276 valence electrons. The van der Waals surface area contributed by atoms with E-state index in [1.807, 2.05) is 6.07 Å². The molecular formula is C34H35F7N4O5S. The van der Waals surface area contributed by atoms with Crippen molar-refractivity contribution in [3.63, 3.8) is 0 Å². The first kappa shape index (κ1) is 36.6. The van der Waals surface area contributed by atoms with Crippen molar-refractivity contribution in [3.8, 4) is 17.6 Å². The molecule has 1 aromatic heterocycles. The monoisotopic (exact) mass is 744 g/mol. The lowest BCUT2D eigenvalue weighted by Gasteiger charge is -2.33. The summed E-state index contributed by atoms with van der Waals surface area (Å²) in [6.07, 6.45) is -9.81. The van der Waals surface area contributed by atoms with Crippen LogP contribution in [0, 0.1) is 17.7 Å². The lowest BCUT2D eigenvalue weighted by atomic mass is 10.0. The molecule has 0 spiro atoms. The minimum absolute atomic E-state index is 0.0249. The van der Waals surface area contributed by atoms with Crippen molar-refractivity contribution in [2.24, 2.45) is 0 Å². The zero-order valence-electron chi connectivity index (χ0n) is 27.2. The number of carbonyl (C=O) groups excluding carboxylic acids is 1. The zero-order chi connectivity index (χ0) is 36.2. The second kappa shape index (κ2) is 15.6. The molecule has 0 aliphatic carbocycles. The number of likely N-dealkylation sites (tertiary alicyclic amines) is 1. The summed E-state index contributed by atoms with van der Waals surface area (Å²) < 4.78 is 116. The Balaban J connectivity index is 1.18. The third kappa shape index (κ3) is 9.80. The molecule has 51 heavy (non-hydrogen) atoms. The fourth-order valence-corrected chi connectivity index (χ4v) is 7.43. The molecule has 17 heteroatoms. The number of hydrogen-bond acceptors (Lipinski definition) is 10. The molecule has 1 atom stereocenters. The van der Waals surface area contributed by atoms with Gasteiger partial charge in [0.25, 0.3) is 0 Å². The van der Waals surface area contributed by atoms with Gasteiger partial charge < -0.3 is 34.5 Å². The Morgan fingerprint density at radius 1 is 1.00 bits per heavy atom. The van der Waals surface area contributed by atoms with Gasteiger partial charge in [-0.25, -0.2) is 9.18 Å². The molecule has 0 bridgehead atoms. The first-order valence-corrected chi connectivity index (χ1v) is 17.1. The molecule has 0 radical (unpaired) electrons. The number of ether oxygens (including phenoxy) is 4. The predicted molar refractivity (Wildman–Crippen MR) is 177 cm³/mol. The highest BCUT2D eigenvalue weighted by Crippen LogP contribution is 2.40. The smallest absolute Gasteiger partial charge is 0.482 e. The summed E-state index contributed by atoms with van der Waals surface area (Å²) in [5.74, 6) is 4.64. The average molecular weight is 745 g/mol. The summed E-state index contributed by atoms with van der Waals surface area (Å²) >= 11 is 1.12. The molecule has 2 N–H and O–H groups in total. The van der Waals surface area contributed by atoms with Gasteiger partial charge >= 0.3 is 18.5 Å². The number of fused-ring (bicyclic) bond motifs is 1. The number of nitrogens with zero attached hydrogens (tertiary/aromatic N) is 2. The van der Waals surface area contributed by atoms with E-state index in [1.54, 1.807) is 17.0 Å². The molecule has 3 aliphatic rings. The average Bonchev–Trinajstić information content (AvgIpc) is 3.65. The number of rotatable bonds is 10. The van der Waals surface area contributed by atoms with Crippen LogP contribution in [0.1, 0.15) is 23.3 Å². The lowest BCUT2D eigenvalue weighted by Crippen LogP contribution is -2.43. The molecule has 2 aromatic carbocycles. The number of benzene rings is 2. The maximum Gasteiger partial charge on any atom is 0.508 e. The summed E-state index contributed by atoms with van der Waals surface area (Å²) in [4.78, 5) is 15.2. The van der Waals surface area contributed by atoms with Gasteiger partial charge in [-0.05, 0) is 29.9 Å². The van der Waals surface area contributed by atoms with Crippen molar-refractivity contribution >= 4 is 44.6 Å². The summed E-state index contributed by atoms with van der Waals surface area (Å²) in [6.45, 7) is 1.78. The Bertz CT molecular complexity index is 1760. The Morgan fingerprint density at radius 2 is 1.76 bits per heavy atom. The van der Waals surface area contributed by atoms with Crippen LogP contribution in [0.3, 0.4) is 0 Å². The van der Waals surface area contributed by atoms with Gasteiger partial charge in [-0.1, -0.05) is 24.0 Å². The highest BCUT2D eigenvalue weighted by molar-refractivity contribution is 7.20. The Morgan fingerprint density at radius 3 is 2.45 bits per heavy atom. The SMILES string of the molecule is O=C1OCC(CN2CCC(Nc3cccc4c(CC(F)(F)F)c(C#CCNc5cc(F)c(N6CCOCC6)cc5OCC(F)(F)F)sc34)CC2)O1. The number of carbonyl (C=O) groups is 1. The number of morpholine rings is 1. The van der Waals surface area contributed by atoms with Gasteiger partial charge in [0, 0.05) is 50.9 Å². The van der Waals surface area contributed by atoms with E-state index < -0.39 is 37.4 Å². The standard InChI is InChI=1S/C34H35F7N4O5S/c35-25-15-27(29(49-20-34(39,40)41)16-28(25)45-11-13-47-14-12-45)42-8-2-5-30-24(17-33(36,37)38)23-3-1-4-26(31(23)51-30)43-21-6-9-44(10-7-21)18-22-19-48-32(46)50-22/h1,3-4,15-16,21-22,42-43H,6-14,17-20H2. The van der Waals surface area contributed by atoms with Crippen LogP contribution in [0.25, 0.3) is 10.1 Å². The number of halogens is 7. The van der Waals surface area contributed by atoms with Crippen LogP contribution >= 0.6 is 11.3 Å². The van der Waals surface area contributed by atoms with Crippen molar-refractivity contribution in [2.75, 3.05) is 81.2 Å². The maximum atomic E-state index is 15.1. The van der Waals surface area contributed by atoms with Crippen LogP contribution in [-0.2, 0) is 20.6 Å². The number of alkyl halides is 6. The molecule has 3 saturated heterocycles. The second-order valence-electron chi connectivity index (χ2n) is 12.4. The quantitative estimate of drug-likeness (QED) is 0.132. The van der Waals surface area contributed by atoms with E-state index >= 15 is 4.39 Å². The van der Waals surface area contributed by atoms with Crippen LogP contribution in [0.2, 0.25) is 0 Å². The van der Waals surface area contributed by atoms with Crippen LogP contribution in [-0.4, -0.2) is 101 Å². The van der Waals surface area contributed by atoms with Crippen molar-refractivity contribution in [1.29, 1.82) is 0 Å². The highest BCUT2D eigenvalue weighted by atomic mass is 32.1. The minimum Gasteiger partial charge on any atom is -0.482 e. The van der Waals surface area contributed by atoms with Gasteiger partial charge in [-0.2, -0.15) is 26.3 Å². The summed E-state index contributed by atoms with van der Waals surface area (Å²) in [5, 5.41) is 6.68. The zero-order valence-corrected chi connectivity index (χ0v) is 28.0. The summed E-state index contributed by atoms with van der Waals surface area (Å²) in [5.41, 5.74) is 0.698. The van der Waals surface area contributed by atoms with Crippen LogP contribution in [0.5, 0.6) is 5.75 Å². The van der Waals surface area contributed by atoms with E-state index in [9.17, 15) is 31.1 Å². The molecule has 3 fully saturated rings. The third-order valence-electron chi connectivity index (χ3n) is 8.62. The molecule has 9 nitrogen and oxygen atoms in total. The van der Waals surface area contributed by atoms with Gasteiger partial charge in [-0.3, -0.25) is 4.90 Å².